The van der Waals surface area contributed by atoms with Crippen LogP contribution in [0.15, 0.2) is 12.1 Å². The monoisotopic (exact) mass is 241 g/mol. The Balaban J connectivity index is 2.12. The molecule has 0 amide bonds. The molecular weight excluding hydrogens is 226 g/mol. The van der Waals surface area contributed by atoms with E-state index in [9.17, 15) is 0 Å². The minimum atomic E-state index is -0.0838. The second kappa shape index (κ2) is 4.55. The van der Waals surface area contributed by atoms with Crippen molar-refractivity contribution < 1.29 is 4.74 Å². The summed E-state index contributed by atoms with van der Waals surface area (Å²) in [4.78, 5) is 2.19. The summed E-state index contributed by atoms with van der Waals surface area (Å²) in [6, 6.07) is 3.67. The number of ether oxygens (including phenoxy) is 1. The molecule has 5 heteroatoms. The van der Waals surface area contributed by atoms with Crippen molar-refractivity contribution in [2.24, 2.45) is 0 Å². The molecule has 1 aliphatic rings. The number of nitrogens with zero attached hydrogens (tertiary/aromatic N) is 3. The summed E-state index contributed by atoms with van der Waals surface area (Å²) in [6.45, 7) is 3.97. The van der Waals surface area contributed by atoms with Crippen LogP contribution in [0.1, 0.15) is 19.8 Å². The van der Waals surface area contributed by atoms with Crippen molar-refractivity contribution in [3.8, 4) is 0 Å². The first-order valence-corrected chi connectivity index (χ1v) is 5.80. The Morgan fingerprint density at radius 3 is 2.88 bits per heavy atom. The van der Waals surface area contributed by atoms with Gasteiger partial charge in [0.1, 0.15) is 0 Å². The van der Waals surface area contributed by atoms with E-state index in [1.165, 1.54) is 0 Å². The third kappa shape index (κ3) is 2.44. The van der Waals surface area contributed by atoms with Crippen molar-refractivity contribution in [1.82, 2.24) is 10.2 Å². The van der Waals surface area contributed by atoms with Crippen molar-refractivity contribution in [2.75, 3.05) is 25.1 Å². The first-order chi connectivity index (χ1) is 7.63. The summed E-state index contributed by atoms with van der Waals surface area (Å²) >= 11 is 5.72. The van der Waals surface area contributed by atoms with Gasteiger partial charge in [-0.1, -0.05) is 11.6 Å². The van der Waals surface area contributed by atoms with Crippen LogP contribution < -0.4 is 4.90 Å². The van der Waals surface area contributed by atoms with Gasteiger partial charge in [-0.25, -0.2) is 0 Å². The molecule has 16 heavy (non-hydrogen) atoms. The van der Waals surface area contributed by atoms with E-state index in [2.05, 4.69) is 22.0 Å². The molecule has 0 saturated carbocycles. The van der Waals surface area contributed by atoms with Crippen molar-refractivity contribution >= 4 is 17.4 Å². The van der Waals surface area contributed by atoms with Crippen LogP contribution in [0.2, 0.25) is 5.15 Å². The van der Waals surface area contributed by atoms with Gasteiger partial charge in [0.15, 0.2) is 11.0 Å². The molecule has 1 aliphatic heterocycles. The zero-order valence-electron chi connectivity index (χ0n) is 9.61. The van der Waals surface area contributed by atoms with E-state index in [-0.39, 0.29) is 5.60 Å². The number of methoxy groups -OCH3 is 1. The molecule has 1 unspecified atom stereocenters. The summed E-state index contributed by atoms with van der Waals surface area (Å²) in [7, 11) is 1.76. The first kappa shape index (κ1) is 11.6. The van der Waals surface area contributed by atoms with Crippen LogP contribution >= 0.6 is 11.6 Å². The van der Waals surface area contributed by atoms with Gasteiger partial charge in [0.05, 0.1) is 5.60 Å². The standard InChI is InChI=1S/C11H16ClN3O/c1-11(16-2)6-3-7-15(8-11)10-5-4-9(12)13-14-10/h4-5H,3,6-8H2,1-2H3. The Kier molecular flexibility index (Phi) is 3.30. The summed E-state index contributed by atoms with van der Waals surface area (Å²) in [6.07, 6.45) is 2.19. The molecule has 0 spiro atoms. The number of halogens is 1. The van der Waals surface area contributed by atoms with Crippen molar-refractivity contribution in [1.29, 1.82) is 0 Å². The highest BCUT2D eigenvalue weighted by atomic mass is 35.5. The maximum absolute atomic E-state index is 5.72. The number of aromatic nitrogens is 2. The minimum Gasteiger partial charge on any atom is -0.377 e. The third-order valence-electron chi connectivity index (χ3n) is 3.09. The lowest BCUT2D eigenvalue weighted by Gasteiger charge is -2.39. The molecule has 1 saturated heterocycles. The predicted molar refractivity (Wildman–Crippen MR) is 63.9 cm³/mol. The fourth-order valence-electron chi connectivity index (χ4n) is 2.05. The van der Waals surface area contributed by atoms with Crippen LogP contribution in [0.4, 0.5) is 5.82 Å². The van der Waals surface area contributed by atoms with Gasteiger partial charge in [-0.05, 0) is 31.9 Å². The van der Waals surface area contributed by atoms with Gasteiger partial charge in [-0.2, -0.15) is 0 Å². The normalized spacial score (nSPS) is 25.8. The molecule has 4 nitrogen and oxygen atoms in total. The summed E-state index contributed by atoms with van der Waals surface area (Å²) in [5.74, 6) is 0.868. The Morgan fingerprint density at radius 2 is 2.25 bits per heavy atom. The van der Waals surface area contributed by atoms with Crippen LogP contribution in [0.5, 0.6) is 0 Å². The predicted octanol–water partition coefficient (Wildman–Crippen LogP) is 2.14. The molecule has 1 fully saturated rings. The van der Waals surface area contributed by atoms with Gasteiger partial charge < -0.3 is 9.64 Å². The van der Waals surface area contributed by atoms with E-state index in [1.54, 1.807) is 13.2 Å². The summed E-state index contributed by atoms with van der Waals surface area (Å²) in [5, 5.41) is 8.38. The van der Waals surface area contributed by atoms with Gasteiger partial charge in [0.25, 0.3) is 0 Å². The number of anilines is 1. The third-order valence-corrected chi connectivity index (χ3v) is 3.30. The van der Waals surface area contributed by atoms with E-state index in [0.717, 1.165) is 31.7 Å². The van der Waals surface area contributed by atoms with E-state index in [0.29, 0.717) is 5.15 Å². The minimum absolute atomic E-state index is 0.0838. The van der Waals surface area contributed by atoms with Crippen LogP contribution in [0, 0.1) is 0 Å². The van der Waals surface area contributed by atoms with E-state index in [1.807, 2.05) is 6.07 Å². The van der Waals surface area contributed by atoms with Gasteiger partial charge in [-0.15, -0.1) is 10.2 Å². The number of rotatable bonds is 2. The highest BCUT2D eigenvalue weighted by Crippen LogP contribution is 2.26. The lowest BCUT2D eigenvalue weighted by molar-refractivity contribution is -0.00484. The largest absolute Gasteiger partial charge is 0.377 e. The second-order valence-corrected chi connectivity index (χ2v) is 4.78. The SMILES string of the molecule is COC1(C)CCCN(c2ccc(Cl)nn2)C1. The average molecular weight is 242 g/mol. The van der Waals surface area contributed by atoms with Crippen molar-refractivity contribution in [3.63, 3.8) is 0 Å². The zero-order valence-corrected chi connectivity index (χ0v) is 10.4. The van der Waals surface area contributed by atoms with Crippen LogP contribution in [0.3, 0.4) is 0 Å². The van der Waals surface area contributed by atoms with E-state index < -0.39 is 0 Å². The molecule has 0 N–H and O–H groups in total. The number of hydrogen-bond donors (Lipinski definition) is 0. The van der Waals surface area contributed by atoms with Gasteiger partial charge in [-0.3, -0.25) is 0 Å². The topological polar surface area (TPSA) is 38.2 Å². The molecule has 1 aromatic heterocycles. The molecule has 1 atom stereocenters. The van der Waals surface area contributed by atoms with Crippen LogP contribution in [-0.4, -0.2) is 36.0 Å². The second-order valence-electron chi connectivity index (χ2n) is 4.39. The molecule has 1 aromatic rings. The highest BCUT2D eigenvalue weighted by Gasteiger charge is 2.31. The maximum Gasteiger partial charge on any atom is 0.151 e. The lowest BCUT2D eigenvalue weighted by Crippen LogP contribution is -2.47. The molecular formula is C11H16ClN3O. The fourth-order valence-corrected chi connectivity index (χ4v) is 2.15. The van der Waals surface area contributed by atoms with Crippen LogP contribution in [0.25, 0.3) is 0 Å². The summed E-state index contributed by atoms with van der Waals surface area (Å²) in [5.41, 5.74) is -0.0838. The van der Waals surface area contributed by atoms with E-state index >= 15 is 0 Å². The number of piperidine rings is 1. The average Bonchev–Trinajstić information content (AvgIpc) is 2.30. The quantitative estimate of drug-likeness (QED) is 0.795. The highest BCUT2D eigenvalue weighted by molar-refractivity contribution is 6.29. The molecule has 2 heterocycles. The lowest BCUT2D eigenvalue weighted by atomic mass is 9.95. The zero-order chi connectivity index (χ0) is 11.6. The smallest absolute Gasteiger partial charge is 0.151 e. The maximum atomic E-state index is 5.72. The van der Waals surface area contributed by atoms with Crippen LogP contribution in [-0.2, 0) is 4.74 Å². The van der Waals surface area contributed by atoms with E-state index in [4.69, 9.17) is 16.3 Å². The molecule has 0 aliphatic carbocycles. The first-order valence-electron chi connectivity index (χ1n) is 5.42. The fraction of sp³-hybridized carbons (Fsp3) is 0.636. The Labute approximate surface area is 101 Å². The Hall–Kier alpha value is -0.870. The molecule has 0 radical (unpaired) electrons. The molecule has 88 valence electrons. The van der Waals surface area contributed by atoms with Gasteiger partial charge >= 0.3 is 0 Å². The number of hydrogen-bond acceptors (Lipinski definition) is 4. The Bertz CT molecular complexity index is 357. The molecule has 0 aromatic carbocycles. The van der Waals surface area contributed by atoms with Gasteiger partial charge in [0, 0.05) is 20.2 Å². The van der Waals surface area contributed by atoms with Crippen molar-refractivity contribution in [3.05, 3.63) is 17.3 Å². The van der Waals surface area contributed by atoms with Gasteiger partial charge in [0.2, 0.25) is 0 Å². The summed E-state index contributed by atoms with van der Waals surface area (Å²) < 4.78 is 5.54. The molecule has 2 rings (SSSR count). The molecule has 0 bridgehead atoms. The Morgan fingerprint density at radius 1 is 1.44 bits per heavy atom. The van der Waals surface area contributed by atoms with Crippen molar-refractivity contribution in [2.45, 2.75) is 25.4 Å².